The van der Waals surface area contributed by atoms with Gasteiger partial charge in [-0.2, -0.15) is 9.49 Å². The summed E-state index contributed by atoms with van der Waals surface area (Å²) in [6.07, 6.45) is 1.47. The molecule has 4 nitrogen and oxygen atoms in total. The van der Waals surface area contributed by atoms with E-state index in [1.165, 1.54) is 12.3 Å². The third kappa shape index (κ3) is 1.60. The molecule has 18 heavy (non-hydrogen) atoms. The van der Waals surface area contributed by atoms with Gasteiger partial charge in [-0.1, -0.05) is 0 Å². The molecule has 0 saturated carbocycles. The Morgan fingerprint density at radius 3 is 2.78 bits per heavy atom. The van der Waals surface area contributed by atoms with E-state index in [2.05, 4.69) is 10.1 Å². The summed E-state index contributed by atoms with van der Waals surface area (Å²) < 4.78 is 14.6. The summed E-state index contributed by atoms with van der Waals surface area (Å²) in [6, 6.07) is 8.59. The van der Waals surface area contributed by atoms with E-state index in [1.54, 1.807) is 10.7 Å². The Labute approximate surface area is 103 Å². The van der Waals surface area contributed by atoms with Crippen LogP contribution in [0.25, 0.3) is 22.2 Å². The van der Waals surface area contributed by atoms with E-state index in [-0.39, 0.29) is 0 Å². The summed E-state index contributed by atoms with van der Waals surface area (Å²) in [5, 5.41) is 5.37. The maximum atomic E-state index is 12.8. The molecule has 3 rings (SSSR count). The molecule has 2 heterocycles. The van der Waals surface area contributed by atoms with Crippen LogP contribution in [0.1, 0.15) is 0 Å². The summed E-state index contributed by atoms with van der Waals surface area (Å²) in [5.74, 6) is -0.501. The van der Waals surface area contributed by atoms with Crippen LogP contribution in [-0.2, 0) is 7.05 Å². The van der Waals surface area contributed by atoms with Gasteiger partial charge in [0.1, 0.15) is 5.69 Å². The molecular formula is C13H11FN4. The number of nitrogens with two attached hydrogens (primary N) is 1. The van der Waals surface area contributed by atoms with E-state index in [0.717, 1.165) is 22.2 Å². The fourth-order valence-electron chi connectivity index (χ4n) is 2.01. The first-order valence-electron chi connectivity index (χ1n) is 5.49. The van der Waals surface area contributed by atoms with Gasteiger partial charge < -0.3 is 5.73 Å². The third-order valence-electron chi connectivity index (χ3n) is 2.88. The highest BCUT2D eigenvalue weighted by atomic mass is 19.1. The Hall–Kier alpha value is -2.43. The zero-order chi connectivity index (χ0) is 12.7. The van der Waals surface area contributed by atoms with Crippen molar-refractivity contribution in [3.05, 3.63) is 42.5 Å². The lowest BCUT2D eigenvalue weighted by Gasteiger charge is -1.98. The van der Waals surface area contributed by atoms with E-state index < -0.39 is 5.95 Å². The van der Waals surface area contributed by atoms with E-state index in [9.17, 15) is 4.39 Å². The number of rotatable bonds is 1. The lowest BCUT2D eigenvalue weighted by atomic mass is 10.1. The highest BCUT2D eigenvalue weighted by Crippen LogP contribution is 2.28. The number of hydrogen-bond acceptors (Lipinski definition) is 3. The summed E-state index contributed by atoms with van der Waals surface area (Å²) in [6.45, 7) is 0. The molecule has 0 saturated heterocycles. The molecule has 1 aromatic carbocycles. The Bertz CT molecular complexity index is 716. The van der Waals surface area contributed by atoms with Crippen LogP contribution in [0.3, 0.4) is 0 Å². The van der Waals surface area contributed by atoms with Crippen molar-refractivity contribution in [1.29, 1.82) is 0 Å². The molecule has 0 bridgehead atoms. The monoisotopic (exact) mass is 242 g/mol. The number of nitrogen functional groups attached to an aromatic ring is 1. The molecular weight excluding hydrogens is 231 g/mol. The van der Waals surface area contributed by atoms with Gasteiger partial charge in [0.2, 0.25) is 5.95 Å². The van der Waals surface area contributed by atoms with Gasteiger partial charge in [0.15, 0.2) is 0 Å². The van der Waals surface area contributed by atoms with Crippen molar-refractivity contribution in [1.82, 2.24) is 14.8 Å². The summed E-state index contributed by atoms with van der Waals surface area (Å²) in [7, 11) is 1.86. The van der Waals surface area contributed by atoms with E-state index in [0.29, 0.717) is 5.69 Å². The predicted octanol–water partition coefficient (Wildman–Crippen LogP) is 2.36. The van der Waals surface area contributed by atoms with E-state index in [4.69, 9.17) is 5.73 Å². The third-order valence-corrected chi connectivity index (χ3v) is 2.88. The van der Waals surface area contributed by atoms with Gasteiger partial charge in [-0.15, -0.1) is 0 Å². The summed E-state index contributed by atoms with van der Waals surface area (Å²) >= 11 is 0. The molecule has 90 valence electrons. The van der Waals surface area contributed by atoms with Crippen molar-refractivity contribution in [3.63, 3.8) is 0 Å². The number of nitrogens with zero attached hydrogens (tertiary/aromatic N) is 3. The minimum Gasteiger partial charge on any atom is -0.399 e. The number of pyridine rings is 1. The maximum Gasteiger partial charge on any atom is 0.212 e. The average molecular weight is 242 g/mol. The van der Waals surface area contributed by atoms with Gasteiger partial charge in [-0.25, -0.2) is 4.98 Å². The quantitative estimate of drug-likeness (QED) is 0.526. The highest BCUT2D eigenvalue weighted by molar-refractivity contribution is 5.94. The largest absolute Gasteiger partial charge is 0.399 e. The van der Waals surface area contributed by atoms with E-state index in [1.807, 2.05) is 25.2 Å². The Morgan fingerprint density at radius 2 is 2.06 bits per heavy atom. The van der Waals surface area contributed by atoms with Crippen LogP contribution in [0, 0.1) is 5.95 Å². The standard InChI is InChI=1S/C13H11FN4/c1-18-11-4-3-9(15)6-10(11)13(17-18)8-2-5-12(14)16-7-8/h2-7H,15H2,1H3. The molecule has 0 spiro atoms. The fraction of sp³-hybridized carbons (Fsp3) is 0.0769. The molecule has 0 aliphatic rings. The highest BCUT2D eigenvalue weighted by Gasteiger charge is 2.11. The number of hydrogen-bond donors (Lipinski definition) is 1. The summed E-state index contributed by atoms with van der Waals surface area (Å²) in [4.78, 5) is 3.65. The lowest BCUT2D eigenvalue weighted by molar-refractivity contribution is 0.584. The number of aryl methyl sites for hydroxylation is 1. The van der Waals surface area contributed by atoms with Crippen molar-refractivity contribution < 1.29 is 4.39 Å². The molecule has 0 unspecified atom stereocenters. The molecule has 0 amide bonds. The normalized spacial score (nSPS) is 11.0. The van der Waals surface area contributed by atoms with Gasteiger partial charge in [0.25, 0.3) is 0 Å². The topological polar surface area (TPSA) is 56.7 Å². The molecule has 0 fully saturated rings. The van der Waals surface area contributed by atoms with Crippen LogP contribution in [0.15, 0.2) is 36.5 Å². The number of aromatic nitrogens is 3. The smallest absolute Gasteiger partial charge is 0.212 e. The number of benzene rings is 1. The first kappa shape index (κ1) is 10.7. The predicted molar refractivity (Wildman–Crippen MR) is 68.3 cm³/mol. The van der Waals surface area contributed by atoms with Crippen LogP contribution in [0.2, 0.25) is 0 Å². The van der Waals surface area contributed by atoms with Crippen LogP contribution in [0.5, 0.6) is 0 Å². The van der Waals surface area contributed by atoms with Crippen LogP contribution in [0.4, 0.5) is 10.1 Å². The number of fused-ring (bicyclic) bond motifs is 1. The van der Waals surface area contributed by atoms with Crippen LogP contribution in [-0.4, -0.2) is 14.8 Å². The first-order chi connectivity index (χ1) is 8.65. The van der Waals surface area contributed by atoms with Gasteiger partial charge in [-0.05, 0) is 30.3 Å². The van der Waals surface area contributed by atoms with Crippen molar-refractivity contribution in [2.75, 3.05) is 5.73 Å². The molecule has 2 aromatic heterocycles. The van der Waals surface area contributed by atoms with Crippen molar-refractivity contribution in [2.45, 2.75) is 0 Å². The SMILES string of the molecule is Cn1nc(-c2ccc(F)nc2)c2cc(N)ccc21. The maximum absolute atomic E-state index is 12.8. The lowest BCUT2D eigenvalue weighted by Crippen LogP contribution is -1.90. The van der Waals surface area contributed by atoms with Gasteiger partial charge in [0, 0.05) is 29.9 Å². The zero-order valence-electron chi connectivity index (χ0n) is 9.76. The zero-order valence-corrected chi connectivity index (χ0v) is 9.76. The second-order valence-electron chi connectivity index (χ2n) is 4.12. The van der Waals surface area contributed by atoms with Crippen molar-refractivity contribution in [2.24, 2.45) is 7.05 Å². The van der Waals surface area contributed by atoms with Crippen molar-refractivity contribution >= 4 is 16.6 Å². The molecule has 0 atom stereocenters. The van der Waals surface area contributed by atoms with Gasteiger partial charge in [-0.3, -0.25) is 4.68 Å². The summed E-state index contributed by atoms with van der Waals surface area (Å²) in [5.41, 5.74) is 8.97. The Kier molecular flexibility index (Phi) is 2.26. The van der Waals surface area contributed by atoms with Crippen LogP contribution < -0.4 is 5.73 Å². The van der Waals surface area contributed by atoms with Crippen molar-refractivity contribution in [3.8, 4) is 11.3 Å². The minimum absolute atomic E-state index is 0.501. The van der Waals surface area contributed by atoms with Gasteiger partial charge in [0.05, 0.1) is 5.52 Å². The molecule has 2 N–H and O–H groups in total. The minimum atomic E-state index is -0.501. The Balaban J connectivity index is 2.28. The van der Waals surface area contributed by atoms with Gasteiger partial charge >= 0.3 is 0 Å². The number of anilines is 1. The molecule has 3 aromatic rings. The molecule has 5 heteroatoms. The fourth-order valence-corrected chi connectivity index (χ4v) is 2.01. The Morgan fingerprint density at radius 1 is 1.22 bits per heavy atom. The first-order valence-corrected chi connectivity index (χ1v) is 5.49. The average Bonchev–Trinajstić information content (AvgIpc) is 2.67. The molecule has 0 aliphatic heterocycles. The molecule has 0 aliphatic carbocycles. The second kappa shape index (κ2) is 3.80. The number of halogens is 1. The second-order valence-corrected chi connectivity index (χ2v) is 4.12. The van der Waals surface area contributed by atoms with Crippen LogP contribution >= 0.6 is 0 Å². The van der Waals surface area contributed by atoms with E-state index >= 15 is 0 Å². The molecule has 0 radical (unpaired) electrons.